The van der Waals surface area contributed by atoms with Crippen molar-refractivity contribution >= 4 is 5.97 Å². The second-order valence-electron chi connectivity index (χ2n) is 4.47. The second kappa shape index (κ2) is 7.07. The standard InChI is InChI=1S/C13H13F3N4O3/c1-2-7-20-11(17-18-19-20)8-22-12(21)9-3-5-10(6-4-9)23-13(14,15)16/h3-6H,2,7-8H2,1H3. The van der Waals surface area contributed by atoms with Crippen LogP contribution in [0.3, 0.4) is 0 Å². The van der Waals surface area contributed by atoms with Gasteiger partial charge < -0.3 is 9.47 Å². The molecule has 7 nitrogen and oxygen atoms in total. The van der Waals surface area contributed by atoms with Gasteiger partial charge in [-0.3, -0.25) is 0 Å². The van der Waals surface area contributed by atoms with Crippen LogP contribution in [0.1, 0.15) is 29.5 Å². The zero-order chi connectivity index (χ0) is 16.9. The van der Waals surface area contributed by atoms with E-state index < -0.39 is 18.1 Å². The molecule has 0 amide bonds. The number of rotatable bonds is 6. The molecule has 0 saturated heterocycles. The molecular weight excluding hydrogens is 317 g/mol. The van der Waals surface area contributed by atoms with Gasteiger partial charge in [0, 0.05) is 6.54 Å². The number of carbonyl (C=O) groups excluding carboxylic acids is 1. The first-order valence-electron chi connectivity index (χ1n) is 6.67. The summed E-state index contributed by atoms with van der Waals surface area (Å²) < 4.78 is 46.4. The van der Waals surface area contributed by atoms with Gasteiger partial charge in [0.2, 0.25) is 0 Å². The molecule has 2 aromatic rings. The number of alkyl halides is 3. The first-order chi connectivity index (χ1) is 10.9. The molecule has 0 unspecified atom stereocenters. The van der Waals surface area contributed by atoms with Crippen molar-refractivity contribution in [2.75, 3.05) is 0 Å². The maximum absolute atomic E-state index is 12.0. The molecule has 0 aliphatic heterocycles. The summed E-state index contributed by atoms with van der Waals surface area (Å²) in [5.74, 6) is -0.729. The van der Waals surface area contributed by atoms with Crippen LogP contribution < -0.4 is 4.74 Å². The van der Waals surface area contributed by atoms with E-state index >= 15 is 0 Å². The maximum atomic E-state index is 12.0. The highest BCUT2D eigenvalue weighted by molar-refractivity contribution is 5.89. The fourth-order valence-electron chi connectivity index (χ4n) is 1.72. The zero-order valence-electron chi connectivity index (χ0n) is 12.1. The van der Waals surface area contributed by atoms with Crippen LogP contribution in [-0.4, -0.2) is 32.5 Å². The van der Waals surface area contributed by atoms with E-state index in [1.165, 1.54) is 16.8 Å². The normalized spacial score (nSPS) is 11.3. The lowest BCUT2D eigenvalue weighted by atomic mass is 10.2. The summed E-state index contributed by atoms with van der Waals surface area (Å²) in [5.41, 5.74) is 0.0917. The molecule has 1 aromatic carbocycles. The van der Waals surface area contributed by atoms with Crippen molar-refractivity contribution in [1.29, 1.82) is 0 Å². The summed E-state index contributed by atoms with van der Waals surface area (Å²) in [6.45, 7) is 2.40. The number of benzene rings is 1. The third-order valence-electron chi connectivity index (χ3n) is 2.70. The number of hydrogen-bond donors (Lipinski definition) is 0. The average molecular weight is 330 g/mol. The zero-order valence-corrected chi connectivity index (χ0v) is 12.1. The number of tetrazole rings is 1. The van der Waals surface area contributed by atoms with Crippen LogP contribution in [0.15, 0.2) is 24.3 Å². The predicted octanol–water partition coefficient (Wildman–Crippen LogP) is 2.34. The van der Waals surface area contributed by atoms with Crippen LogP contribution in [-0.2, 0) is 17.9 Å². The highest BCUT2D eigenvalue weighted by Crippen LogP contribution is 2.22. The first kappa shape index (κ1) is 16.7. The van der Waals surface area contributed by atoms with Gasteiger partial charge in [-0.1, -0.05) is 6.92 Å². The summed E-state index contributed by atoms with van der Waals surface area (Å²) in [6, 6.07) is 4.42. The maximum Gasteiger partial charge on any atom is 0.573 e. The smallest absolute Gasteiger partial charge is 0.454 e. The lowest BCUT2D eigenvalue weighted by molar-refractivity contribution is -0.274. The van der Waals surface area contributed by atoms with Gasteiger partial charge in [0.05, 0.1) is 5.56 Å². The van der Waals surface area contributed by atoms with Crippen molar-refractivity contribution < 1.29 is 27.4 Å². The Hall–Kier alpha value is -2.65. The Morgan fingerprint density at radius 2 is 1.96 bits per heavy atom. The molecular formula is C13H13F3N4O3. The minimum atomic E-state index is -4.78. The summed E-state index contributed by atoms with van der Waals surface area (Å²) in [5, 5.41) is 11.0. The molecule has 0 spiro atoms. The highest BCUT2D eigenvalue weighted by atomic mass is 19.4. The lowest BCUT2D eigenvalue weighted by Gasteiger charge is -2.09. The third kappa shape index (κ3) is 4.94. The second-order valence-corrected chi connectivity index (χ2v) is 4.47. The van der Waals surface area contributed by atoms with Crippen LogP contribution in [0.4, 0.5) is 13.2 Å². The predicted molar refractivity (Wildman–Crippen MR) is 70.4 cm³/mol. The molecule has 0 bridgehead atoms. The summed E-state index contributed by atoms with van der Waals surface area (Å²) in [4.78, 5) is 11.8. The van der Waals surface area contributed by atoms with Crippen molar-refractivity contribution in [3.63, 3.8) is 0 Å². The Morgan fingerprint density at radius 1 is 1.26 bits per heavy atom. The van der Waals surface area contributed by atoms with Gasteiger partial charge in [-0.25, -0.2) is 9.48 Å². The molecule has 0 atom stereocenters. The number of halogens is 3. The van der Waals surface area contributed by atoms with Crippen LogP contribution >= 0.6 is 0 Å². The summed E-state index contributed by atoms with van der Waals surface area (Å²) >= 11 is 0. The van der Waals surface area contributed by atoms with E-state index in [0.717, 1.165) is 18.6 Å². The minimum absolute atomic E-state index is 0.0917. The van der Waals surface area contributed by atoms with Crippen LogP contribution in [0, 0.1) is 0 Å². The molecule has 0 aliphatic rings. The van der Waals surface area contributed by atoms with Gasteiger partial charge >= 0.3 is 12.3 Å². The Bertz CT molecular complexity index is 655. The SMILES string of the molecule is CCCn1nnnc1COC(=O)c1ccc(OC(F)(F)F)cc1. The Labute approximate surface area is 129 Å². The van der Waals surface area contributed by atoms with Gasteiger partial charge in [0.1, 0.15) is 5.75 Å². The topological polar surface area (TPSA) is 79.1 Å². The average Bonchev–Trinajstić information content (AvgIpc) is 2.92. The van der Waals surface area contributed by atoms with Gasteiger partial charge in [-0.15, -0.1) is 18.3 Å². The van der Waals surface area contributed by atoms with Crippen molar-refractivity contribution in [3.8, 4) is 5.75 Å². The molecule has 0 fully saturated rings. The van der Waals surface area contributed by atoms with E-state index in [-0.39, 0.29) is 12.2 Å². The fourth-order valence-corrected chi connectivity index (χ4v) is 1.72. The third-order valence-corrected chi connectivity index (χ3v) is 2.70. The Balaban J connectivity index is 1.94. The minimum Gasteiger partial charge on any atom is -0.454 e. The van der Waals surface area contributed by atoms with E-state index in [4.69, 9.17) is 4.74 Å². The molecule has 0 radical (unpaired) electrons. The Kier molecular flexibility index (Phi) is 5.14. The molecule has 0 saturated carbocycles. The van der Waals surface area contributed by atoms with E-state index in [9.17, 15) is 18.0 Å². The van der Waals surface area contributed by atoms with Crippen molar-refractivity contribution in [3.05, 3.63) is 35.7 Å². The van der Waals surface area contributed by atoms with E-state index in [1.807, 2.05) is 6.92 Å². The molecule has 2 rings (SSSR count). The number of nitrogens with zero attached hydrogens (tertiary/aromatic N) is 4. The van der Waals surface area contributed by atoms with Gasteiger partial charge in [-0.2, -0.15) is 0 Å². The molecule has 1 heterocycles. The largest absolute Gasteiger partial charge is 0.573 e. The van der Waals surface area contributed by atoms with Gasteiger partial charge in [-0.05, 0) is 41.1 Å². The fraction of sp³-hybridized carbons (Fsp3) is 0.385. The van der Waals surface area contributed by atoms with Gasteiger partial charge in [0.15, 0.2) is 12.4 Å². The number of carbonyl (C=O) groups is 1. The van der Waals surface area contributed by atoms with Crippen molar-refractivity contribution in [2.24, 2.45) is 0 Å². The Morgan fingerprint density at radius 3 is 2.57 bits per heavy atom. The number of esters is 1. The van der Waals surface area contributed by atoms with Crippen LogP contribution in [0.5, 0.6) is 5.75 Å². The number of aromatic nitrogens is 4. The monoisotopic (exact) mass is 330 g/mol. The number of aryl methyl sites for hydroxylation is 1. The van der Waals surface area contributed by atoms with Crippen LogP contribution in [0.25, 0.3) is 0 Å². The molecule has 0 aliphatic carbocycles. The molecule has 23 heavy (non-hydrogen) atoms. The highest BCUT2D eigenvalue weighted by Gasteiger charge is 2.31. The van der Waals surface area contributed by atoms with E-state index in [1.54, 1.807) is 0 Å². The van der Waals surface area contributed by atoms with E-state index in [0.29, 0.717) is 12.4 Å². The number of ether oxygens (including phenoxy) is 2. The van der Waals surface area contributed by atoms with Crippen LogP contribution in [0.2, 0.25) is 0 Å². The molecule has 0 N–H and O–H groups in total. The van der Waals surface area contributed by atoms with Crippen molar-refractivity contribution in [1.82, 2.24) is 20.2 Å². The molecule has 1 aromatic heterocycles. The molecule has 124 valence electrons. The molecule has 10 heteroatoms. The lowest BCUT2D eigenvalue weighted by Crippen LogP contribution is -2.17. The van der Waals surface area contributed by atoms with Gasteiger partial charge in [0.25, 0.3) is 0 Å². The number of hydrogen-bond acceptors (Lipinski definition) is 6. The first-order valence-corrected chi connectivity index (χ1v) is 6.67. The van der Waals surface area contributed by atoms with E-state index in [2.05, 4.69) is 20.3 Å². The van der Waals surface area contributed by atoms with Crippen molar-refractivity contribution in [2.45, 2.75) is 32.9 Å². The quantitative estimate of drug-likeness (QED) is 0.757. The summed E-state index contributed by atoms with van der Waals surface area (Å²) in [6.07, 6.45) is -3.97. The summed E-state index contributed by atoms with van der Waals surface area (Å²) in [7, 11) is 0.